The normalized spacial score (nSPS) is 13.1. The lowest BCUT2D eigenvalue weighted by atomic mass is 9.91. The maximum absolute atomic E-state index is 12.1. The van der Waals surface area contributed by atoms with Gasteiger partial charge in [-0.2, -0.15) is 0 Å². The maximum Gasteiger partial charge on any atom is 0.221 e. The molecule has 0 spiro atoms. The third kappa shape index (κ3) is 6.40. The van der Waals surface area contributed by atoms with Crippen LogP contribution in [0.3, 0.4) is 0 Å². The fourth-order valence-corrected chi connectivity index (χ4v) is 2.16. The molecule has 1 aromatic rings. The minimum atomic E-state index is -0.00235. The van der Waals surface area contributed by atoms with E-state index in [0.717, 1.165) is 18.5 Å². The first-order valence-electron chi connectivity index (χ1n) is 7.01. The van der Waals surface area contributed by atoms with Gasteiger partial charge in [0.2, 0.25) is 5.91 Å². The second-order valence-electron chi connectivity index (χ2n) is 6.30. The van der Waals surface area contributed by atoms with E-state index >= 15 is 0 Å². The van der Waals surface area contributed by atoms with Gasteiger partial charge in [-0.05, 0) is 43.1 Å². The van der Waals surface area contributed by atoms with Crippen LogP contribution in [0.4, 0.5) is 0 Å². The highest BCUT2D eigenvalue weighted by atomic mass is 35.5. The van der Waals surface area contributed by atoms with E-state index in [1.807, 2.05) is 31.3 Å². The molecule has 2 N–H and O–H groups in total. The smallest absolute Gasteiger partial charge is 0.221 e. The van der Waals surface area contributed by atoms with E-state index < -0.39 is 0 Å². The van der Waals surface area contributed by atoms with Crippen molar-refractivity contribution < 1.29 is 4.79 Å². The van der Waals surface area contributed by atoms with Crippen molar-refractivity contribution in [2.45, 2.75) is 39.7 Å². The SMILES string of the molecule is CNCCC(NC(=O)CC(C)(C)C)c1ccc(Cl)cc1. The van der Waals surface area contributed by atoms with Gasteiger partial charge in [0, 0.05) is 11.4 Å². The van der Waals surface area contributed by atoms with Gasteiger partial charge in [-0.1, -0.05) is 44.5 Å². The first kappa shape index (κ1) is 17.0. The zero-order valence-electron chi connectivity index (χ0n) is 12.8. The van der Waals surface area contributed by atoms with Crippen LogP contribution in [0.1, 0.15) is 45.2 Å². The zero-order valence-corrected chi connectivity index (χ0v) is 13.6. The van der Waals surface area contributed by atoms with Crippen molar-refractivity contribution in [1.29, 1.82) is 0 Å². The van der Waals surface area contributed by atoms with Crippen LogP contribution in [0, 0.1) is 5.41 Å². The minimum absolute atomic E-state index is 0.00235. The first-order valence-corrected chi connectivity index (χ1v) is 7.39. The van der Waals surface area contributed by atoms with Gasteiger partial charge in [0.05, 0.1) is 6.04 Å². The molecular formula is C16H25ClN2O. The Morgan fingerprint density at radius 2 is 1.85 bits per heavy atom. The standard InChI is InChI=1S/C16H25ClN2O/c1-16(2,3)11-15(20)19-14(9-10-18-4)12-5-7-13(17)8-6-12/h5-8,14,18H,9-11H2,1-4H3,(H,19,20). The molecule has 20 heavy (non-hydrogen) atoms. The highest BCUT2D eigenvalue weighted by Crippen LogP contribution is 2.22. The molecule has 1 atom stereocenters. The molecule has 0 saturated carbocycles. The zero-order chi connectivity index (χ0) is 15.2. The summed E-state index contributed by atoms with van der Waals surface area (Å²) in [7, 11) is 1.91. The van der Waals surface area contributed by atoms with Crippen molar-refractivity contribution >= 4 is 17.5 Å². The molecule has 1 rings (SSSR count). The number of nitrogens with one attached hydrogen (secondary N) is 2. The summed E-state index contributed by atoms with van der Waals surface area (Å²) in [4.78, 5) is 12.1. The van der Waals surface area contributed by atoms with Crippen molar-refractivity contribution in [1.82, 2.24) is 10.6 Å². The average molecular weight is 297 g/mol. The van der Waals surface area contributed by atoms with E-state index in [4.69, 9.17) is 11.6 Å². The van der Waals surface area contributed by atoms with E-state index in [1.165, 1.54) is 0 Å². The van der Waals surface area contributed by atoms with Crippen LogP contribution >= 0.6 is 11.6 Å². The molecular weight excluding hydrogens is 272 g/mol. The van der Waals surface area contributed by atoms with Crippen molar-refractivity contribution in [3.63, 3.8) is 0 Å². The third-order valence-electron chi connectivity index (χ3n) is 2.98. The number of carbonyl (C=O) groups is 1. The molecule has 0 aliphatic heterocycles. The van der Waals surface area contributed by atoms with Gasteiger partial charge in [0.25, 0.3) is 0 Å². The van der Waals surface area contributed by atoms with Gasteiger partial charge in [0.15, 0.2) is 0 Å². The van der Waals surface area contributed by atoms with Crippen LogP contribution < -0.4 is 10.6 Å². The quantitative estimate of drug-likeness (QED) is 0.843. The summed E-state index contributed by atoms with van der Waals surface area (Å²) in [5.74, 6) is 0.0913. The molecule has 1 unspecified atom stereocenters. The molecule has 1 aromatic carbocycles. The Hall–Kier alpha value is -1.06. The lowest BCUT2D eigenvalue weighted by Crippen LogP contribution is -2.32. The van der Waals surface area contributed by atoms with Crippen molar-refractivity contribution in [3.05, 3.63) is 34.9 Å². The molecule has 3 nitrogen and oxygen atoms in total. The predicted molar refractivity (Wildman–Crippen MR) is 85.0 cm³/mol. The third-order valence-corrected chi connectivity index (χ3v) is 3.23. The molecule has 0 radical (unpaired) electrons. The maximum atomic E-state index is 12.1. The molecule has 0 fully saturated rings. The Kier molecular flexibility index (Phi) is 6.50. The second-order valence-corrected chi connectivity index (χ2v) is 6.74. The summed E-state index contributed by atoms with van der Waals surface area (Å²) in [5.41, 5.74) is 1.09. The predicted octanol–water partition coefficient (Wildman–Crippen LogP) is 3.54. The van der Waals surface area contributed by atoms with Crippen molar-refractivity contribution in [2.75, 3.05) is 13.6 Å². The van der Waals surface area contributed by atoms with Crippen LogP contribution in [-0.4, -0.2) is 19.5 Å². The Morgan fingerprint density at radius 1 is 1.25 bits per heavy atom. The molecule has 4 heteroatoms. The summed E-state index contributed by atoms with van der Waals surface area (Å²) in [5, 5.41) is 6.96. The van der Waals surface area contributed by atoms with Gasteiger partial charge in [-0.15, -0.1) is 0 Å². The monoisotopic (exact) mass is 296 g/mol. The Bertz CT molecular complexity index is 423. The van der Waals surface area contributed by atoms with Crippen LogP contribution in [0.2, 0.25) is 5.02 Å². The lowest BCUT2D eigenvalue weighted by Gasteiger charge is -2.23. The number of hydrogen-bond donors (Lipinski definition) is 2. The largest absolute Gasteiger partial charge is 0.349 e. The lowest BCUT2D eigenvalue weighted by molar-refractivity contribution is -0.123. The van der Waals surface area contributed by atoms with Crippen LogP contribution in [0.25, 0.3) is 0 Å². The van der Waals surface area contributed by atoms with Gasteiger partial charge in [-0.3, -0.25) is 4.79 Å². The number of hydrogen-bond acceptors (Lipinski definition) is 2. The van der Waals surface area contributed by atoms with E-state index in [-0.39, 0.29) is 17.4 Å². The number of benzene rings is 1. The van der Waals surface area contributed by atoms with E-state index in [1.54, 1.807) is 0 Å². The molecule has 0 aliphatic carbocycles. The van der Waals surface area contributed by atoms with E-state index in [2.05, 4.69) is 31.4 Å². The number of amides is 1. The van der Waals surface area contributed by atoms with Crippen LogP contribution in [-0.2, 0) is 4.79 Å². The minimum Gasteiger partial charge on any atom is -0.349 e. The number of halogens is 1. The fraction of sp³-hybridized carbons (Fsp3) is 0.562. The van der Waals surface area contributed by atoms with Crippen LogP contribution in [0.5, 0.6) is 0 Å². The molecule has 0 heterocycles. The van der Waals surface area contributed by atoms with Gasteiger partial charge in [0.1, 0.15) is 0 Å². The average Bonchev–Trinajstić information content (AvgIpc) is 2.33. The molecule has 112 valence electrons. The Balaban J connectivity index is 2.74. The fourth-order valence-electron chi connectivity index (χ4n) is 2.03. The Morgan fingerprint density at radius 3 is 2.35 bits per heavy atom. The molecule has 0 aliphatic rings. The van der Waals surface area contributed by atoms with Crippen molar-refractivity contribution in [3.8, 4) is 0 Å². The Labute approximate surface area is 127 Å². The number of rotatable bonds is 6. The van der Waals surface area contributed by atoms with Crippen molar-refractivity contribution in [2.24, 2.45) is 5.41 Å². The van der Waals surface area contributed by atoms with E-state index in [0.29, 0.717) is 11.4 Å². The summed E-state index contributed by atoms with van der Waals surface area (Å²) >= 11 is 5.91. The summed E-state index contributed by atoms with van der Waals surface area (Å²) in [6, 6.07) is 7.69. The highest BCUT2D eigenvalue weighted by Gasteiger charge is 2.19. The summed E-state index contributed by atoms with van der Waals surface area (Å²) in [6.45, 7) is 7.05. The first-order chi connectivity index (χ1) is 9.31. The van der Waals surface area contributed by atoms with Gasteiger partial charge in [-0.25, -0.2) is 0 Å². The van der Waals surface area contributed by atoms with Crippen LogP contribution in [0.15, 0.2) is 24.3 Å². The molecule has 0 saturated heterocycles. The number of carbonyl (C=O) groups excluding carboxylic acids is 1. The molecule has 0 bridgehead atoms. The summed E-state index contributed by atoms with van der Waals surface area (Å²) < 4.78 is 0. The summed E-state index contributed by atoms with van der Waals surface area (Å²) in [6.07, 6.45) is 1.38. The topological polar surface area (TPSA) is 41.1 Å². The van der Waals surface area contributed by atoms with Gasteiger partial charge >= 0.3 is 0 Å². The van der Waals surface area contributed by atoms with Gasteiger partial charge < -0.3 is 10.6 Å². The molecule has 1 amide bonds. The highest BCUT2D eigenvalue weighted by molar-refractivity contribution is 6.30. The second kappa shape index (κ2) is 7.65. The molecule has 0 aromatic heterocycles. The van der Waals surface area contributed by atoms with E-state index in [9.17, 15) is 4.79 Å².